The average molecular weight is 527 g/mol. The van der Waals surface area contributed by atoms with Crippen molar-refractivity contribution in [2.45, 2.75) is 45.6 Å². The van der Waals surface area contributed by atoms with E-state index in [1.54, 1.807) is 11.3 Å². The largest absolute Gasteiger partial charge is 0.493 e. The molecule has 0 saturated carbocycles. The van der Waals surface area contributed by atoms with E-state index in [0.717, 1.165) is 64.6 Å². The second kappa shape index (κ2) is 11.1. The summed E-state index contributed by atoms with van der Waals surface area (Å²) in [5.41, 5.74) is 5.32. The predicted octanol–water partition coefficient (Wildman–Crippen LogP) is 6.85. The first-order valence-corrected chi connectivity index (χ1v) is 14.4. The number of nitrogens with zero attached hydrogens (tertiary/aromatic N) is 5. The van der Waals surface area contributed by atoms with Gasteiger partial charge in [0.05, 0.1) is 22.9 Å². The lowest BCUT2D eigenvalue weighted by atomic mass is 10.0. The second-order valence-corrected chi connectivity index (χ2v) is 11.0. The minimum atomic E-state index is 0.121. The Balaban J connectivity index is 1.21. The summed E-state index contributed by atoms with van der Waals surface area (Å²) in [5.74, 6) is 2.38. The molecule has 196 valence electrons. The molecule has 2 aromatic carbocycles. The Kier molecular flexibility index (Phi) is 7.25. The zero-order valence-corrected chi connectivity index (χ0v) is 22.9. The predicted molar refractivity (Wildman–Crippen MR) is 157 cm³/mol. The summed E-state index contributed by atoms with van der Waals surface area (Å²) in [6.45, 7) is 8.53. The van der Waals surface area contributed by atoms with Gasteiger partial charge in [0.25, 0.3) is 0 Å². The van der Waals surface area contributed by atoms with Gasteiger partial charge in [-0.25, -0.2) is 9.99 Å². The number of rotatable bonds is 9. The van der Waals surface area contributed by atoms with Crippen LogP contribution in [0.1, 0.15) is 48.4 Å². The zero-order chi connectivity index (χ0) is 25.9. The van der Waals surface area contributed by atoms with Gasteiger partial charge in [-0.3, -0.25) is 0 Å². The molecular weight excluding hydrogens is 492 g/mol. The van der Waals surface area contributed by atoms with Crippen molar-refractivity contribution < 1.29 is 4.74 Å². The van der Waals surface area contributed by atoms with E-state index in [1.165, 1.54) is 31.5 Å². The molecule has 0 radical (unpaired) electrons. The van der Waals surface area contributed by atoms with Crippen molar-refractivity contribution in [2.24, 2.45) is 5.10 Å². The maximum Gasteiger partial charge on any atom is 0.229 e. The Morgan fingerprint density at radius 2 is 1.82 bits per heavy atom. The lowest BCUT2D eigenvalue weighted by Crippen LogP contribution is -2.22. The number of nitrogens with one attached hydrogen (secondary N) is 1. The van der Waals surface area contributed by atoms with Gasteiger partial charge in [-0.15, -0.1) is 11.3 Å². The topological polar surface area (TPSA) is 65.9 Å². The third-order valence-corrected chi connectivity index (χ3v) is 8.20. The van der Waals surface area contributed by atoms with Crippen LogP contribution >= 0.6 is 11.3 Å². The fourth-order valence-electron chi connectivity index (χ4n) is 5.48. The van der Waals surface area contributed by atoms with E-state index in [1.807, 2.05) is 23.4 Å². The van der Waals surface area contributed by atoms with Crippen LogP contribution in [0.25, 0.3) is 10.2 Å². The number of anilines is 3. The fourth-order valence-corrected chi connectivity index (χ4v) is 6.29. The van der Waals surface area contributed by atoms with E-state index in [0.29, 0.717) is 5.95 Å². The van der Waals surface area contributed by atoms with E-state index < -0.39 is 0 Å². The summed E-state index contributed by atoms with van der Waals surface area (Å²) in [7, 11) is 0. The van der Waals surface area contributed by atoms with Crippen LogP contribution in [0.15, 0.2) is 59.0 Å². The number of benzene rings is 2. The average Bonchev–Trinajstić information content (AvgIpc) is 3.70. The Bertz CT molecular complexity index is 1410. The molecule has 4 aromatic rings. The third kappa shape index (κ3) is 5.24. The number of hydrogen-bond acceptors (Lipinski definition) is 8. The number of aromatic nitrogens is 2. The van der Waals surface area contributed by atoms with Crippen LogP contribution in [0, 0.1) is 13.8 Å². The Hall–Kier alpha value is -3.49. The standard InChI is InChI=1S/C30H34N6OS/c1-21-19-24(20-22(2)27(21)37-17-8-16-35-14-6-7-15-35)32-30-33-25-12-18-38-28(25)29(34-30)36-26(11-13-31-36)23-9-4-3-5-10-23/h3-5,9-10,12-13,18-20,26H,6-8,11,14-17H2,1-2H3,(H,32,33,34). The van der Waals surface area contributed by atoms with Crippen LogP contribution in [-0.4, -0.2) is 47.3 Å². The van der Waals surface area contributed by atoms with E-state index in [4.69, 9.17) is 19.8 Å². The number of hydrazone groups is 1. The van der Waals surface area contributed by atoms with Gasteiger partial charge in [-0.05, 0) is 86.5 Å². The molecule has 6 rings (SSSR count). The lowest BCUT2D eigenvalue weighted by molar-refractivity contribution is 0.261. The molecule has 1 N–H and O–H groups in total. The van der Waals surface area contributed by atoms with E-state index >= 15 is 0 Å². The third-order valence-electron chi connectivity index (χ3n) is 7.30. The molecule has 2 aliphatic rings. The maximum atomic E-state index is 6.21. The van der Waals surface area contributed by atoms with Gasteiger partial charge in [-0.2, -0.15) is 10.1 Å². The quantitative estimate of drug-likeness (QED) is 0.241. The summed E-state index contributed by atoms with van der Waals surface area (Å²) >= 11 is 1.65. The van der Waals surface area contributed by atoms with Crippen molar-refractivity contribution in [2.75, 3.05) is 36.6 Å². The monoisotopic (exact) mass is 526 g/mol. The Morgan fingerprint density at radius 1 is 1.03 bits per heavy atom. The van der Waals surface area contributed by atoms with Gasteiger partial charge < -0.3 is 15.0 Å². The van der Waals surface area contributed by atoms with Crippen LogP contribution in [0.5, 0.6) is 5.75 Å². The number of fused-ring (bicyclic) bond motifs is 1. The van der Waals surface area contributed by atoms with Crippen LogP contribution in [0.4, 0.5) is 17.5 Å². The molecule has 1 unspecified atom stereocenters. The van der Waals surface area contributed by atoms with Gasteiger partial charge in [0, 0.05) is 24.9 Å². The summed E-state index contributed by atoms with van der Waals surface area (Å²) in [4.78, 5) is 12.3. The molecule has 0 bridgehead atoms. The number of thiophene rings is 1. The summed E-state index contributed by atoms with van der Waals surface area (Å²) < 4.78 is 7.26. The maximum absolute atomic E-state index is 6.21. The van der Waals surface area contributed by atoms with Gasteiger partial charge in [0.2, 0.25) is 5.95 Å². The number of hydrogen-bond donors (Lipinski definition) is 1. The summed E-state index contributed by atoms with van der Waals surface area (Å²) in [6, 6.07) is 16.9. The second-order valence-electron chi connectivity index (χ2n) is 10.1. The van der Waals surface area contributed by atoms with Crippen LogP contribution in [-0.2, 0) is 0 Å². The van der Waals surface area contributed by atoms with Gasteiger partial charge in [0.15, 0.2) is 5.82 Å². The van der Waals surface area contributed by atoms with Gasteiger partial charge in [0.1, 0.15) is 5.75 Å². The highest BCUT2D eigenvalue weighted by molar-refractivity contribution is 7.17. The van der Waals surface area contributed by atoms with Crippen LogP contribution in [0.3, 0.4) is 0 Å². The van der Waals surface area contributed by atoms with Crippen LogP contribution in [0.2, 0.25) is 0 Å². The molecule has 0 aliphatic carbocycles. The Labute approximate surface area is 228 Å². The molecule has 1 atom stereocenters. The number of ether oxygens (including phenoxy) is 1. The summed E-state index contributed by atoms with van der Waals surface area (Å²) in [5, 5.41) is 12.3. The first-order valence-electron chi connectivity index (χ1n) is 13.5. The molecule has 0 spiro atoms. The van der Waals surface area contributed by atoms with Crippen molar-refractivity contribution in [3.8, 4) is 5.75 Å². The van der Waals surface area contributed by atoms with Crippen LogP contribution < -0.4 is 15.1 Å². The van der Waals surface area contributed by atoms with Crippen molar-refractivity contribution >= 4 is 45.2 Å². The minimum absolute atomic E-state index is 0.121. The summed E-state index contributed by atoms with van der Waals surface area (Å²) in [6.07, 6.45) is 6.54. The molecule has 1 saturated heterocycles. The highest BCUT2D eigenvalue weighted by Gasteiger charge is 2.28. The minimum Gasteiger partial charge on any atom is -0.493 e. The van der Waals surface area contributed by atoms with Gasteiger partial charge in [-0.1, -0.05) is 30.3 Å². The Morgan fingerprint density at radius 3 is 2.61 bits per heavy atom. The zero-order valence-electron chi connectivity index (χ0n) is 22.1. The van der Waals surface area contributed by atoms with E-state index in [2.05, 4.69) is 65.8 Å². The highest BCUT2D eigenvalue weighted by Crippen LogP contribution is 2.38. The highest BCUT2D eigenvalue weighted by atomic mass is 32.1. The van der Waals surface area contributed by atoms with Crippen molar-refractivity contribution in [3.05, 3.63) is 70.6 Å². The number of aryl methyl sites for hydroxylation is 2. The molecular formula is C30H34N6OS. The smallest absolute Gasteiger partial charge is 0.229 e. The molecule has 2 aromatic heterocycles. The first kappa shape index (κ1) is 24.8. The molecule has 2 aliphatic heterocycles. The number of likely N-dealkylation sites (tertiary alicyclic amines) is 1. The molecule has 38 heavy (non-hydrogen) atoms. The van der Waals surface area contributed by atoms with Crippen molar-refractivity contribution in [1.82, 2.24) is 14.9 Å². The van der Waals surface area contributed by atoms with E-state index in [-0.39, 0.29) is 6.04 Å². The molecule has 7 nitrogen and oxygen atoms in total. The van der Waals surface area contributed by atoms with Crippen molar-refractivity contribution in [1.29, 1.82) is 0 Å². The first-order chi connectivity index (χ1) is 18.7. The molecule has 8 heteroatoms. The van der Waals surface area contributed by atoms with E-state index in [9.17, 15) is 0 Å². The molecule has 0 amide bonds. The van der Waals surface area contributed by atoms with Crippen molar-refractivity contribution in [3.63, 3.8) is 0 Å². The normalized spacial score (nSPS) is 17.5. The van der Waals surface area contributed by atoms with Gasteiger partial charge >= 0.3 is 0 Å². The molecule has 4 heterocycles. The molecule has 1 fully saturated rings. The lowest BCUT2D eigenvalue weighted by Gasteiger charge is -2.24. The SMILES string of the molecule is Cc1cc(Nc2nc(N3N=CCC3c3ccccc3)c3sccc3n2)cc(C)c1OCCCN1CCCC1. The fraction of sp³-hybridized carbons (Fsp3) is 0.367.